The van der Waals surface area contributed by atoms with Crippen LogP contribution >= 0.6 is 0 Å². The van der Waals surface area contributed by atoms with Gasteiger partial charge in [-0.15, -0.1) is 5.10 Å². The largest absolute Gasteiger partial charge is 0.475 e. The number of carbonyl (C=O) groups excluding carboxylic acids is 1. The van der Waals surface area contributed by atoms with Crippen LogP contribution in [0.5, 0.6) is 5.88 Å². The molecule has 196 valence electrons. The zero-order valence-electron chi connectivity index (χ0n) is 20.6. The van der Waals surface area contributed by atoms with E-state index in [0.29, 0.717) is 72.6 Å². The predicted octanol–water partition coefficient (Wildman–Crippen LogP) is 1.93. The molecule has 1 rings (SSSR count). The Hall–Kier alpha value is -2.26. The van der Waals surface area contributed by atoms with Gasteiger partial charge < -0.3 is 33.7 Å². The predicted molar refractivity (Wildman–Crippen MR) is 126 cm³/mol. The van der Waals surface area contributed by atoms with Gasteiger partial charge in [0, 0.05) is 14.6 Å². The molecule has 0 aliphatic carbocycles. The quantitative estimate of drug-likeness (QED) is 0.120. The summed E-state index contributed by atoms with van der Waals surface area (Å²) in [4.78, 5) is 21.8. The van der Waals surface area contributed by atoms with Crippen molar-refractivity contribution < 1.29 is 38.1 Å². The van der Waals surface area contributed by atoms with Crippen molar-refractivity contribution in [3.63, 3.8) is 0 Å². The molecule has 0 aliphatic heterocycles. The molecule has 13 nitrogen and oxygen atoms in total. The van der Waals surface area contributed by atoms with E-state index >= 15 is 0 Å². The normalized spacial score (nSPS) is 11.4. The van der Waals surface area contributed by atoms with Gasteiger partial charge in [-0.05, 0) is 6.04 Å². The molecule has 0 saturated carbocycles. The molecule has 0 radical (unpaired) electrons. The summed E-state index contributed by atoms with van der Waals surface area (Å²) < 4.78 is 33.0. The zero-order valence-corrected chi connectivity index (χ0v) is 21.6. The lowest BCUT2D eigenvalue weighted by Crippen LogP contribution is -2.30. The van der Waals surface area contributed by atoms with Gasteiger partial charge in [0.25, 0.3) is 0 Å². The van der Waals surface area contributed by atoms with Crippen LogP contribution in [-0.2, 0) is 30.2 Å². The van der Waals surface area contributed by atoms with Crippen LogP contribution in [0.2, 0.25) is 25.7 Å². The molecule has 0 aromatic carbocycles. The lowest BCUT2D eigenvalue weighted by atomic mass is 10.5. The van der Waals surface area contributed by atoms with E-state index in [9.17, 15) is 14.9 Å². The first-order valence-electron chi connectivity index (χ1n) is 11.2. The van der Waals surface area contributed by atoms with Crippen molar-refractivity contribution in [3.05, 3.63) is 16.3 Å². The molecule has 1 aromatic rings. The summed E-state index contributed by atoms with van der Waals surface area (Å²) in [5.41, 5.74) is -0.180. The van der Waals surface area contributed by atoms with Gasteiger partial charge in [0.05, 0.1) is 78.0 Å². The molecular formula is C20H38N4O9Si. The molecule has 1 amide bonds. The van der Waals surface area contributed by atoms with Gasteiger partial charge >= 0.3 is 17.7 Å². The van der Waals surface area contributed by atoms with Gasteiger partial charge in [-0.2, -0.15) is 0 Å². The van der Waals surface area contributed by atoms with Crippen LogP contribution < -0.4 is 10.1 Å². The summed E-state index contributed by atoms with van der Waals surface area (Å²) in [5.74, 6) is -0.0247. The van der Waals surface area contributed by atoms with Crippen LogP contribution in [0, 0.1) is 10.1 Å². The molecule has 1 aromatic heterocycles. The molecule has 1 heterocycles. The minimum absolute atomic E-state index is 0.0247. The van der Waals surface area contributed by atoms with Crippen LogP contribution in [0.3, 0.4) is 0 Å². The van der Waals surface area contributed by atoms with E-state index in [1.165, 1.54) is 18.0 Å². The fourth-order valence-electron chi connectivity index (χ4n) is 2.42. The Bertz CT molecular complexity index is 713. The molecule has 0 atom stereocenters. The second-order valence-electron chi connectivity index (χ2n) is 8.37. The monoisotopic (exact) mass is 506 g/mol. The number of nitro groups is 1. The Morgan fingerprint density at radius 1 is 1.00 bits per heavy atom. The van der Waals surface area contributed by atoms with E-state index in [0.717, 1.165) is 6.04 Å². The number of nitrogens with one attached hydrogen (secondary N) is 1. The highest BCUT2D eigenvalue weighted by atomic mass is 28.3. The maximum atomic E-state index is 11.5. The topological polar surface area (TPSA) is 145 Å². The van der Waals surface area contributed by atoms with Crippen molar-refractivity contribution in [3.8, 4) is 5.88 Å². The second kappa shape index (κ2) is 17.2. The number of ether oxygens (including phenoxy) is 6. The van der Waals surface area contributed by atoms with E-state index in [2.05, 4.69) is 30.1 Å². The fourth-order valence-corrected chi connectivity index (χ4v) is 3.14. The third-order valence-electron chi connectivity index (χ3n) is 4.28. The van der Waals surface area contributed by atoms with Gasteiger partial charge in [0.15, 0.2) is 0 Å². The number of alkyl carbamates (subject to hydrolysis) is 1. The lowest BCUT2D eigenvalue weighted by Gasteiger charge is -2.15. The van der Waals surface area contributed by atoms with Crippen LogP contribution in [-0.4, -0.2) is 102 Å². The maximum Gasteiger partial charge on any atom is 0.407 e. The van der Waals surface area contributed by atoms with E-state index in [4.69, 9.17) is 28.4 Å². The first-order valence-corrected chi connectivity index (χ1v) is 14.9. The average molecular weight is 507 g/mol. The Morgan fingerprint density at radius 3 is 2.06 bits per heavy atom. The number of rotatable bonds is 20. The maximum absolute atomic E-state index is 11.5. The van der Waals surface area contributed by atoms with Gasteiger partial charge in [-0.25, -0.2) is 4.79 Å². The Balaban J connectivity index is 1.85. The number of hydrogen-bond donors (Lipinski definition) is 1. The number of hydrogen-bond acceptors (Lipinski definition) is 10. The third-order valence-corrected chi connectivity index (χ3v) is 5.99. The minimum Gasteiger partial charge on any atom is -0.475 e. The summed E-state index contributed by atoms with van der Waals surface area (Å²) in [6, 6.07) is 0.946. The van der Waals surface area contributed by atoms with Crippen LogP contribution in [0.25, 0.3) is 0 Å². The number of methoxy groups -OCH3 is 1. The van der Waals surface area contributed by atoms with Crippen molar-refractivity contribution in [2.45, 2.75) is 32.2 Å². The molecule has 0 aliphatic rings. The number of nitrogens with zero attached hydrogens (tertiary/aromatic N) is 3. The Labute approximate surface area is 201 Å². The molecule has 0 unspecified atom stereocenters. The van der Waals surface area contributed by atoms with Crippen molar-refractivity contribution in [2.24, 2.45) is 0 Å². The molecule has 0 bridgehead atoms. The smallest absolute Gasteiger partial charge is 0.407 e. The third kappa shape index (κ3) is 14.8. The number of carbonyl (C=O) groups is 1. The first-order chi connectivity index (χ1) is 16.2. The van der Waals surface area contributed by atoms with Gasteiger partial charge in [-0.1, -0.05) is 19.6 Å². The van der Waals surface area contributed by atoms with E-state index in [1.807, 2.05) is 0 Å². The van der Waals surface area contributed by atoms with Gasteiger partial charge in [0.1, 0.15) is 6.20 Å². The zero-order chi connectivity index (χ0) is 25.2. The average Bonchev–Trinajstić information content (AvgIpc) is 3.19. The van der Waals surface area contributed by atoms with E-state index in [1.54, 1.807) is 0 Å². The molecule has 34 heavy (non-hydrogen) atoms. The molecular weight excluding hydrogens is 468 g/mol. The lowest BCUT2D eigenvalue weighted by molar-refractivity contribution is -0.385. The summed E-state index contributed by atoms with van der Waals surface area (Å²) in [6.07, 6.45) is 0.894. The van der Waals surface area contributed by atoms with Gasteiger partial charge in [0.2, 0.25) is 0 Å². The fraction of sp³-hybridized carbons (Fsp3) is 0.800. The molecule has 0 fully saturated rings. The van der Waals surface area contributed by atoms with Gasteiger partial charge in [-0.3, -0.25) is 14.8 Å². The van der Waals surface area contributed by atoms with Crippen LogP contribution in [0.15, 0.2) is 6.20 Å². The highest BCUT2D eigenvalue weighted by Gasteiger charge is 2.19. The van der Waals surface area contributed by atoms with Crippen molar-refractivity contribution in [1.29, 1.82) is 0 Å². The van der Waals surface area contributed by atoms with E-state index in [-0.39, 0.29) is 11.6 Å². The molecule has 1 N–H and O–H groups in total. The number of aromatic nitrogens is 2. The van der Waals surface area contributed by atoms with Crippen LogP contribution in [0.4, 0.5) is 10.5 Å². The van der Waals surface area contributed by atoms with Crippen molar-refractivity contribution in [1.82, 2.24) is 15.1 Å². The van der Waals surface area contributed by atoms with Crippen molar-refractivity contribution >= 4 is 19.9 Å². The Morgan fingerprint density at radius 2 is 1.56 bits per heavy atom. The highest BCUT2D eigenvalue weighted by Crippen LogP contribution is 2.23. The second-order valence-corrected chi connectivity index (χ2v) is 14.0. The van der Waals surface area contributed by atoms with Crippen molar-refractivity contribution in [2.75, 3.05) is 73.1 Å². The minimum atomic E-state index is -1.20. The SMILES string of the molecule is COc1nn(CCOCCOCCOCCOCCNC(=O)OCC[Si](C)(C)C)cc1[N+](=O)[O-]. The van der Waals surface area contributed by atoms with Crippen LogP contribution in [0.1, 0.15) is 0 Å². The molecule has 0 saturated heterocycles. The Kier molecular flexibility index (Phi) is 15.1. The first kappa shape index (κ1) is 29.8. The number of amides is 1. The summed E-state index contributed by atoms with van der Waals surface area (Å²) in [7, 11) is 0.136. The summed E-state index contributed by atoms with van der Waals surface area (Å²) in [6.45, 7) is 11.1. The summed E-state index contributed by atoms with van der Waals surface area (Å²) in [5, 5.41) is 17.5. The molecule has 14 heteroatoms. The standard InChI is InChI=1S/C20H38N4O9Si/c1-28-19-18(24(26)27)17-23(22-19)6-8-30-10-12-32-14-13-31-11-9-29-7-5-21-20(25)33-15-16-34(2,3)4/h17H,5-16H2,1-4H3,(H,21,25). The summed E-state index contributed by atoms with van der Waals surface area (Å²) >= 11 is 0. The van der Waals surface area contributed by atoms with E-state index < -0.39 is 19.1 Å². The molecule has 0 spiro atoms. The highest BCUT2D eigenvalue weighted by molar-refractivity contribution is 6.76.